The highest BCUT2D eigenvalue weighted by molar-refractivity contribution is 5.65. The Kier molecular flexibility index (Phi) is 2.98. The van der Waals surface area contributed by atoms with E-state index in [9.17, 15) is 15.0 Å². The largest absolute Gasteiger partial charge is 0.504 e. The molecule has 6 nitrogen and oxygen atoms in total. The van der Waals surface area contributed by atoms with Crippen molar-refractivity contribution in [3.63, 3.8) is 0 Å². The van der Waals surface area contributed by atoms with Crippen LogP contribution in [0.3, 0.4) is 0 Å². The van der Waals surface area contributed by atoms with E-state index in [0.717, 1.165) is 0 Å². The van der Waals surface area contributed by atoms with Crippen molar-refractivity contribution in [2.45, 2.75) is 0 Å². The van der Waals surface area contributed by atoms with Crippen molar-refractivity contribution in [2.75, 3.05) is 7.11 Å². The molecule has 3 aromatic rings. The zero-order chi connectivity index (χ0) is 15.0. The summed E-state index contributed by atoms with van der Waals surface area (Å²) in [5.74, 6) is -0.0943. The number of fused-ring (bicyclic) bond motifs is 1. The lowest BCUT2D eigenvalue weighted by atomic mass is 10.1. The molecule has 0 spiro atoms. The zero-order valence-electron chi connectivity index (χ0n) is 11.1. The van der Waals surface area contributed by atoms with E-state index in [1.54, 1.807) is 24.3 Å². The number of aromatic nitrogens is 2. The minimum absolute atomic E-state index is 0.224. The fourth-order valence-electron chi connectivity index (χ4n) is 2.11. The Labute approximate surface area is 119 Å². The molecule has 0 atom stereocenters. The number of phenolic OH excluding ortho intramolecular Hbond substituents is 2. The first-order valence-corrected chi connectivity index (χ1v) is 6.19. The summed E-state index contributed by atoms with van der Waals surface area (Å²) in [6, 6.07) is 10.7. The number of hydrogen-bond acceptors (Lipinski definition) is 5. The Morgan fingerprint density at radius 3 is 2.62 bits per heavy atom. The van der Waals surface area contributed by atoms with Gasteiger partial charge in [-0.05, 0) is 30.3 Å². The summed E-state index contributed by atoms with van der Waals surface area (Å²) < 4.78 is 6.49. The molecule has 1 aromatic carbocycles. The number of phenols is 2. The molecule has 0 aliphatic carbocycles. The molecule has 6 heteroatoms. The van der Waals surface area contributed by atoms with Gasteiger partial charge in [-0.15, -0.1) is 0 Å². The van der Waals surface area contributed by atoms with Gasteiger partial charge in [0.2, 0.25) is 5.88 Å². The first kappa shape index (κ1) is 13.0. The lowest BCUT2D eigenvalue weighted by molar-refractivity contribution is 0.390. The van der Waals surface area contributed by atoms with E-state index < -0.39 is 0 Å². The van der Waals surface area contributed by atoms with Gasteiger partial charge in [0.05, 0.1) is 12.8 Å². The van der Waals surface area contributed by atoms with E-state index in [0.29, 0.717) is 22.8 Å². The van der Waals surface area contributed by atoms with Crippen LogP contribution in [0.25, 0.3) is 16.9 Å². The van der Waals surface area contributed by atoms with Gasteiger partial charge in [0.25, 0.3) is 5.56 Å². The minimum Gasteiger partial charge on any atom is -0.504 e. The maximum Gasteiger partial charge on any atom is 0.261 e. The molecule has 0 radical (unpaired) electrons. The summed E-state index contributed by atoms with van der Waals surface area (Å²) in [6.45, 7) is 0. The van der Waals surface area contributed by atoms with Gasteiger partial charge in [-0.25, -0.2) is 9.38 Å². The Hall–Kier alpha value is -3.02. The summed E-state index contributed by atoms with van der Waals surface area (Å²) in [4.78, 5) is 16.6. The van der Waals surface area contributed by atoms with E-state index >= 15 is 0 Å². The van der Waals surface area contributed by atoms with E-state index in [2.05, 4.69) is 4.98 Å². The fraction of sp³-hybridized carbons (Fsp3) is 0.0667. The Morgan fingerprint density at radius 2 is 1.90 bits per heavy atom. The second-order valence-corrected chi connectivity index (χ2v) is 4.44. The highest BCUT2D eigenvalue weighted by Gasteiger charge is 2.09. The van der Waals surface area contributed by atoms with Crippen LogP contribution in [-0.2, 0) is 0 Å². The summed E-state index contributed by atoms with van der Waals surface area (Å²) in [5.41, 5.74) is 1.08. The fourth-order valence-corrected chi connectivity index (χ4v) is 2.11. The molecule has 0 bridgehead atoms. The molecule has 0 unspecified atom stereocenters. The maximum absolute atomic E-state index is 12.2. The van der Waals surface area contributed by atoms with Gasteiger partial charge in [-0.1, -0.05) is 6.07 Å². The van der Waals surface area contributed by atoms with Crippen molar-refractivity contribution in [1.29, 1.82) is 0 Å². The third kappa shape index (κ3) is 2.16. The monoisotopic (exact) mass is 284 g/mol. The number of nitrogens with zero attached hydrogens (tertiary/aromatic N) is 2. The average Bonchev–Trinajstić information content (AvgIpc) is 2.49. The van der Waals surface area contributed by atoms with E-state index in [4.69, 9.17) is 4.74 Å². The highest BCUT2D eigenvalue weighted by atomic mass is 16.5. The van der Waals surface area contributed by atoms with E-state index in [1.165, 1.54) is 29.7 Å². The van der Waals surface area contributed by atoms with Crippen LogP contribution in [0, 0.1) is 0 Å². The van der Waals surface area contributed by atoms with Gasteiger partial charge in [-0.2, -0.15) is 0 Å². The number of pyridine rings is 1. The van der Waals surface area contributed by atoms with Crippen LogP contribution in [0.15, 0.2) is 47.3 Å². The number of aromatic hydroxyl groups is 2. The molecule has 0 aliphatic rings. The summed E-state index contributed by atoms with van der Waals surface area (Å²) in [6.07, 6.45) is 0. The van der Waals surface area contributed by atoms with Gasteiger partial charge >= 0.3 is 0 Å². The molecule has 2 heterocycles. The highest BCUT2D eigenvalue weighted by Crippen LogP contribution is 2.29. The summed E-state index contributed by atoms with van der Waals surface area (Å²) >= 11 is 0. The van der Waals surface area contributed by atoms with Crippen molar-refractivity contribution in [2.24, 2.45) is 0 Å². The van der Waals surface area contributed by atoms with Gasteiger partial charge in [-0.3, -0.25) is 4.79 Å². The number of hydrogen-bond donors (Lipinski definition) is 2. The van der Waals surface area contributed by atoms with Crippen molar-refractivity contribution < 1.29 is 14.9 Å². The molecule has 2 aromatic heterocycles. The minimum atomic E-state index is -0.292. The average molecular weight is 284 g/mol. The van der Waals surface area contributed by atoms with Crippen LogP contribution < -0.4 is 10.3 Å². The van der Waals surface area contributed by atoms with Crippen LogP contribution in [-0.4, -0.2) is 26.7 Å². The smallest absolute Gasteiger partial charge is 0.261 e. The van der Waals surface area contributed by atoms with Crippen molar-refractivity contribution >= 4 is 5.65 Å². The second-order valence-electron chi connectivity index (χ2n) is 4.44. The number of ether oxygens (including phenoxy) is 1. The van der Waals surface area contributed by atoms with Gasteiger partial charge in [0.1, 0.15) is 5.65 Å². The number of methoxy groups -OCH3 is 1. The van der Waals surface area contributed by atoms with Gasteiger partial charge < -0.3 is 14.9 Å². The molecule has 0 amide bonds. The van der Waals surface area contributed by atoms with Crippen LogP contribution in [0.1, 0.15) is 0 Å². The molecule has 2 N–H and O–H groups in total. The second kappa shape index (κ2) is 4.82. The quantitative estimate of drug-likeness (QED) is 0.701. The zero-order valence-corrected chi connectivity index (χ0v) is 11.1. The SMILES string of the molecule is COc1cccc2nc(-c3ccc(O)c(O)c3)cc(=O)n12. The first-order valence-electron chi connectivity index (χ1n) is 6.19. The van der Waals surface area contributed by atoms with E-state index in [1.807, 2.05) is 0 Å². The third-order valence-corrected chi connectivity index (χ3v) is 3.13. The Morgan fingerprint density at radius 1 is 1.10 bits per heavy atom. The summed E-state index contributed by atoms with van der Waals surface area (Å²) in [5, 5.41) is 18.9. The van der Waals surface area contributed by atoms with Crippen LogP contribution >= 0.6 is 0 Å². The molecule has 106 valence electrons. The Balaban J connectivity index is 2.26. The topological polar surface area (TPSA) is 84.1 Å². The third-order valence-electron chi connectivity index (χ3n) is 3.13. The van der Waals surface area contributed by atoms with Crippen LogP contribution in [0.5, 0.6) is 17.4 Å². The van der Waals surface area contributed by atoms with Crippen molar-refractivity contribution in [3.05, 3.63) is 52.8 Å². The molecule has 3 rings (SSSR count). The molecular formula is C15H12N2O4. The summed E-state index contributed by atoms with van der Waals surface area (Å²) in [7, 11) is 1.48. The van der Waals surface area contributed by atoms with Gasteiger partial charge in [0.15, 0.2) is 11.5 Å². The molecule has 0 aliphatic heterocycles. The standard InChI is InChI=1S/C15H12N2O4/c1-21-15-4-2-3-13-16-10(8-14(20)17(13)15)9-5-6-11(18)12(19)7-9/h2-8,18-19H,1H3. The van der Waals surface area contributed by atoms with Crippen LogP contribution in [0.4, 0.5) is 0 Å². The lowest BCUT2D eigenvalue weighted by Crippen LogP contribution is -2.16. The maximum atomic E-state index is 12.2. The molecule has 0 saturated carbocycles. The predicted octanol–water partition coefficient (Wildman–Crippen LogP) is 1.78. The Bertz CT molecular complexity index is 886. The van der Waals surface area contributed by atoms with Crippen molar-refractivity contribution in [3.8, 4) is 28.6 Å². The van der Waals surface area contributed by atoms with Crippen LogP contribution in [0.2, 0.25) is 0 Å². The number of rotatable bonds is 2. The lowest BCUT2D eigenvalue weighted by Gasteiger charge is -2.08. The van der Waals surface area contributed by atoms with Gasteiger partial charge in [0, 0.05) is 11.6 Å². The molecule has 21 heavy (non-hydrogen) atoms. The molecular weight excluding hydrogens is 272 g/mol. The number of benzene rings is 1. The normalized spacial score (nSPS) is 10.7. The van der Waals surface area contributed by atoms with E-state index in [-0.39, 0.29) is 17.1 Å². The predicted molar refractivity (Wildman–Crippen MR) is 76.8 cm³/mol. The first-order chi connectivity index (χ1) is 10.1. The molecule has 0 saturated heterocycles. The molecule has 0 fully saturated rings. The van der Waals surface area contributed by atoms with Crippen molar-refractivity contribution in [1.82, 2.24) is 9.38 Å².